The van der Waals surface area contributed by atoms with Gasteiger partial charge < -0.3 is 10.6 Å². The Morgan fingerprint density at radius 2 is 1.81 bits per heavy atom. The van der Waals surface area contributed by atoms with Crippen molar-refractivity contribution < 1.29 is 9.18 Å². The van der Waals surface area contributed by atoms with Crippen molar-refractivity contribution in [2.24, 2.45) is 0 Å². The number of nitrogens with zero attached hydrogens (tertiary/aromatic N) is 1. The van der Waals surface area contributed by atoms with Crippen LogP contribution in [-0.2, 0) is 19.4 Å². The minimum atomic E-state index is -0.301. The van der Waals surface area contributed by atoms with E-state index in [9.17, 15) is 9.18 Å². The number of aryl methyl sites for hydroxylation is 2. The molecule has 5 rings (SSSR count). The van der Waals surface area contributed by atoms with Gasteiger partial charge in [0, 0.05) is 29.4 Å². The monoisotopic (exact) mass is 512 g/mol. The molecule has 188 valence electrons. The van der Waals surface area contributed by atoms with Crippen molar-refractivity contribution in [3.8, 4) is 0 Å². The standard InChI is InChI=1S/C30H29FN4OS/c1-2-20-7-14-25(15-8-20)37-35-28-16-10-22-9-13-24(18-27(22)28)34-29-26(4-3-17-32-29)30(36)33-19-21-5-11-23(31)12-6-21/h3-9,11-15,17-18,28,35H,2,10,16,19H2,1H3,(H,32,34)(H,33,36). The molecule has 37 heavy (non-hydrogen) atoms. The quantitative estimate of drug-likeness (QED) is 0.217. The topological polar surface area (TPSA) is 66.0 Å². The molecule has 3 aromatic carbocycles. The molecule has 1 heterocycles. The molecule has 0 fully saturated rings. The number of halogens is 1. The molecule has 0 saturated carbocycles. The van der Waals surface area contributed by atoms with Crippen LogP contribution in [0.25, 0.3) is 0 Å². The summed E-state index contributed by atoms with van der Waals surface area (Å²) in [7, 11) is 0. The number of hydrogen-bond donors (Lipinski definition) is 3. The highest BCUT2D eigenvalue weighted by molar-refractivity contribution is 7.97. The third-order valence-electron chi connectivity index (χ3n) is 6.56. The van der Waals surface area contributed by atoms with E-state index in [-0.39, 0.29) is 17.8 Å². The summed E-state index contributed by atoms with van der Waals surface area (Å²) >= 11 is 1.66. The molecule has 0 saturated heterocycles. The largest absolute Gasteiger partial charge is 0.348 e. The molecule has 7 heteroatoms. The van der Waals surface area contributed by atoms with Crippen molar-refractivity contribution in [2.45, 2.75) is 43.7 Å². The van der Waals surface area contributed by atoms with Crippen molar-refractivity contribution in [3.63, 3.8) is 0 Å². The number of carbonyl (C=O) groups is 1. The third kappa shape index (κ3) is 6.18. The lowest BCUT2D eigenvalue weighted by Gasteiger charge is -2.16. The fraction of sp³-hybridized carbons (Fsp3) is 0.200. The fourth-order valence-electron chi connectivity index (χ4n) is 4.44. The number of nitrogens with one attached hydrogen (secondary N) is 3. The van der Waals surface area contributed by atoms with Crippen molar-refractivity contribution in [1.82, 2.24) is 15.0 Å². The maximum atomic E-state index is 13.2. The number of fused-ring (bicyclic) bond motifs is 1. The molecule has 1 aromatic heterocycles. The summed E-state index contributed by atoms with van der Waals surface area (Å²) in [5, 5.41) is 6.23. The van der Waals surface area contributed by atoms with Crippen LogP contribution in [0.1, 0.15) is 52.0 Å². The van der Waals surface area contributed by atoms with Gasteiger partial charge in [0.2, 0.25) is 0 Å². The zero-order valence-corrected chi connectivity index (χ0v) is 21.4. The minimum Gasteiger partial charge on any atom is -0.348 e. The number of anilines is 2. The van der Waals surface area contributed by atoms with Gasteiger partial charge >= 0.3 is 0 Å². The van der Waals surface area contributed by atoms with Gasteiger partial charge in [0.05, 0.1) is 5.56 Å². The molecular weight excluding hydrogens is 483 g/mol. The Morgan fingerprint density at radius 3 is 2.59 bits per heavy atom. The van der Waals surface area contributed by atoms with Crippen LogP contribution < -0.4 is 15.4 Å². The van der Waals surface area contributed by atoms with Crippen molar-refractivity contribution in [1.29, 1.82) is 0 Å². The number of carbonyl (C=O) groups excluding carboxylic acids is 1. The second kappa shape index (κ2) is 11.6. The Labute approximate surface area is 221 Å². The summed E-state index contributed by atoms with van der Waals surface area (Å²) in [5.74, 6) is -0.0529. The van der Waals surface area contributed by atoms with E-state index in [0.717, 1.165) is 30.5 Å². The van der Waals surface area contributed by atoms with Gasteiger partial charge in [-0.3, -0.25) is 9.52 Å². The lowest BCUT2D eigenvalue weighted by molar-refractivity contribution is 0.0951. The van der Waals surface area contributed by atoms with E-state index in [1.165, 1.54) is 33.7 Å². The fourth-order valence-corrected chi connectivity index (χ4v) is 5.23. The van der Waals surface area contributed by atoms with Gasteiger partial charge in [-0.1, -0.05) is 37.3 Å². The molecule has 0 bridgehead atoms. The Balaban J connectivity index is 1.26. The van der Waals surface area contributed by atoms with Crippen LogP contribution in [0.2, 0.25) is 0 Å². The van der Waals surface area contributed by atoms with Crippen molar-refractivity contribution >= 4 is 29.4 Å². The van der Waals surface area contributed by atoms with Crippen LogP contribution in [0.5, 0.6) is 0 Å². The van der Waals surface area contributed by atoms with E-state index in [1.54, 1.807) is 42.4 Å². The Morgan fingerprint density at radius 1 is 1.03 bits per heavy atom. The van der Waals surface area contributed by atoms with Gasteiger partial charge in [0.15, 0.2) is 0 Å². The highest BCUT2D eigenvalue weighted by Crippen LogP contribution is 2.36. The highest BCUT2D eigenvalue weighted by atomic mass is 32.2. The van der Waals surface area contributed by atoms with Gasteiger partial charge in [-0.05, 0) is 102 Å². The maximum Gasteiger partial charge on any atom is 0.255 e. The zero-order chi connectivity index (χ0) is 25.6. The summed E-state index contributed by atoms with van der Waals surface area (Å²) in [6.45, 7) is 2.47. The van der Waals surface area contributed by atoms with Gasteiger partial charge in [-0.2, -0.15) is 0 Å². The molecule has 1 aliphatic rings. The average molecular weight is 513 g/mol. The molecule has 0 radical (unpaired) electrons. The van der Waals surface area contributed by atoms with E-state index in [0.29, 0.717) is 17.9 Å². The number of hydrogen-bond acceptors (Lipinski definition) is 5. The van der Waals surface area contributed by atoms with Crippen LogP contribution in [0.3, 0.4) is 0 Å². The molecule has 3 N–H and O–H groups in total. The number of rotatable bonds is 9. The average Bonchev–Trinajstić information content (AvgIpc) is 3.34. The molecule has 1 amide bonds. The normalized spacial score (nSPS) is 14.3. The Bertz CT molecular complexity index is 1380. The number of pyridine rings is 1. The van der Waals surface area contributed by atoms with Crippen LogP contribution in [0.4, 0.5) is 15.9 Å². The van der Waals surface area contributed by atoms with Gasteiger partial charge in [-0.15, -0.1) is 0 Å². The highest BCUT2D eigenvalue weighted by Gasteiger charge is 2.23. The first-order valence-electron chi connectivity index (χ1n) is 12.5. The second-order valence-corrected chi connectivity index (χ2v) is 9.97. The minimum absolute atomic E-state index is 0.244. The first-order chi connectivity index (χ1) is 18.1. The summed E-state index contributed by atoms with van der Waals surface area (Å²) in [4.78, 5) is 18.5. The van der Waals surface area contributed by atoms with Crippen LogP contribution >= 0.6 is 11.9 Å². The number of amides is 1. The van der Waals surface area contributed by atoms with Gasteiger partial charge in [0.1, 0.15) is 11.6 Å². The molecule has 1 unspecified atom stereocenters. The zero-order valence-electron chi connectivity index (χ0n) is 20.6. The maximum absolute atomic E-state index is 13.2. The van der Waals surface area contributed by atoms with E-state index in [2.05, 4.69) is 63.7 Å². The van der Waals surface area contributed by atoms with Crippen LogP contribution in [0, 0.1) is 5.82 Å². The Hall–Kier alpha value is -3.68. The molecule has 0 aliphatic heterocycles. The first-order valence-corrected chi connectivity index (χ1v) is 13.3. The van der Waals surface area contributed by atoms with E-state index in [1.807, 2.05) is 6.07 Å². The lowest BCUT2D eigenvalue weighted by atomic mass is 10.1. The van der Waals surface area contributed by atoms with E-state index in [4.69, 9.17) is 0 Å². The number of benzene rings is 3. The van der Waals surface area contributed by atoms with E-state index < -0.39 is 0 Å². The summed E-state index contributed by atoms with van der Waals surface area (Å²) in [6, 6.07) is 24.8. The smallest absolute Gasteiger partial charge is 0.255 e. The summed E-state index contributed by atoms with van der Waals surface area (Å²) in [6.07, 6.45) is 4.78. The lowest BCUT2D eigenvalue weighted by Crippen LogP contribution is -2.24. The molecule has 1 atom stereocenters. The first kappa shape index (κ1) is 25.0. The summed E-state index contributed by atoms with van der Waals surface area (Å²) in [5.41, 5.74) is 6.10. The van der Waals surface area contributed by atoms with Crippen molar-refractivity contribution in [2.75, 3.05) is 5.32 Å². The SMILES string of the molecule is CCc1ccc(SNC2CCc3ccc(Nc4ncccc4C(=O)NCc4ccc(F)cc4)cc32)cc1. The summed E-state index contributed by atoms with van der Waals surface area (Å²) < 4.78 is 16.8. The molecule has 5 nitrogen and oxygen atoms in total. The number of aromatic nitrogens is 1. The van der Waals surface area contributed by atoms with Crippen molar-refractivity contribution in [3.05, 3.63) is 119 Å². The van der Waals surface area contributed by atoms with Crippen LogP contribution in [0.15, 0.2) is 90.0 Å². The predicted molar refractivity (Wildman–Crippen MR) is 147 cm³/mol. The van der Waals surface area contributed by atoms with Crippen LogP contribution in [-0.4, -0.2) is 10.9 Å². The predicted octanol–water partition coefficient (Wildman–Crippen LogP) is 6.74. The second-order valence-electron chi connectivity index (χ2n) is 9.06. The van der Waals surface area contributed by atoms with Gasteiger partial charge in [0.25, 0.3) is 5.91 Å². The Kier molecular flexibility index (Phi) is 7.82. The third-order valence-corrected chi connectivity index (χ3v) is 7.47. The molecular formula is C30H29FN4OS. The molecule has 0 spiro atoms. The van der Waals surface area contributed by atoms with E-state index >= 15 is 0 Å². The molecule has 1 aliphatic carbocycles. The van der Waals surface area contributed by atoms with Gasteiger partial charge in [-0.25, -0.2) is 9.37 Å². The molecule has 4 aromatic rings.